The Morgan fingerprint density at radius 3 is 1.93 bits per heavy atom. The number of hydrogen-bond donors (Lipinski definition) is 1. The summed E-state index contributed by atoms with van der Waals surface area (Å²) in [6.45, 7) is 3.86. The van der Waals surface area contributed by atoms with Gasteiger partial charge in [0, 0.05) is 23.9 Å². The van der Waals surface area contributed by atoms with E-state index in [4.69, 9.17) is 0 Å². The number of ketones is 1. The highest BCUT2D eigenvalue weighted by atomic mass is 16.2. The van der Waals surface area contributed by atoms with E-state index < -0.39 is 23.9 Å². The topological polar surface area (TPSA) is 66.5 Å². The first-order valence-electron chi connectivity index (χ1n) is 14.8. The Kier molecular flexibility index (Phi) is 8.78. The van der Waals surface area contributed by atoms with Crippen molar-refractivity contribution >= 4 is 17.6 Å². The molecule has 208 valence electrons. The van der Waals surface area contributed by atoms with Crippen molar-refractivity contribution in [3.05, 3.63) is 108 Å². The fourth-order valence-electron chi connectivity index (χ4n) is 6.82. The van der Waals surface area contributed by atoms with Crippen molar-refractivity contribution in [1.82, 2.24) is 10.2 Å². The molecule has 0 bridgehead atoms. The van der Waals surface area contributed by atoms with E-state index in [0.29, 0.717) is 17.9 Å². The fraction of sp³-hybridized carbons (Fsp3) is 0.400. The molecule has 5 rings (SSSR count). The minimum absolute atomic E-state index is 0.0447. The van der Waals surface area contributed by atoms with E-state index in [1.54, 1.807) is 4.90 Å². The van der Waals surface area contributed by atoms with Gasteiger partial charge in [0.15, 0.2) is 5.78 Å². The second-order valence-corrected chi connectivity index (χ2v) is 11.6. The summed E-state index contributed by atoms with van der Waals surface area (Å²) >= 11 is 0. The van der Waals surface area contributed by atoms with E-state index in [2.05, 4.69) is 5.32 Å². The van der Waals surface area contributed by atoms with Crippen LogP contribution in [-0.4, -0.2) is 34.6 Å². The van der Waals surface area contributed by atoms with Crippen LogP contribution in [0, 0.1) is 11.8 Å². The molecule has 4 atom stereocenters. The highest BCUT2D eigenvalue weighted by molar-refractivity contribution is 6.02. The molecule has 3 aromatic carbocycles. The molecule has 5 heteroatoms. The molecule has 1 N–H and O–H groups in total. The molecule has 0 radical (unpaired) electrons. The van der Waals surface area contributed by atoms with Gasteiger partial charge < -0.3 is 10.2 Å². The van der Waals surface area contributed by atoms with Crippen LogP contribution in [0.1, 0.15) is 85.8 Å². The number of nitrogens with one attached hydrogen (secondary N) is 1. The number of carbonyl (C=O) groups excluding carboxylic acids is 3. The Morgan fingerprint density at radius 1 is 0.800 bits per heavy atom. The van der Waals surface area contributed by atoms with Crippen molar-refractivity contribution in [2.45, 2.75) is 76.4 Å². The molecule has 0 aromatic heterocycles. The summed E-state index contributed by atoms with van der Waals surface area (Å²) in [6.07, 6.45) is 5.97. The van der Waals surface area contributed by atoms with Crippen LogP contribution in [0.5, 0.6) is 0 Å². The molecule has 3 aromatic rings. The van der Waals surface area contributed by atoms with Crippen LogP contribution in [0.25, 0.3) is 0 Å². The van der Waals surface area contributed by atoms with Crippen molar-refractivity contribution in [3.63, 3.8) is 0 Å². The zero-order valence-electron chi connectivity index (χ0n) is 23.5. The van der Waals surface area contributed by atoms with Gasteiger partial charge in [0.1, 0.15) is 6.04 Å². The molecule has 1 aliphatic heterocycles. The van der Waals surface area contributed by atoms with Gasteiger partial charge in [0.2, 0.25) is 11.8 Å². The van der Waals surface area contributed by atoms with Crippen LogP contribution in [0.3, 0.4) is 0 Å². The minimum Gasteiger partial charge on any atom is -0.352 e. The molecule has 1 saturated carbocycles. The maximum Gasteiger partial charge on any atom is 0.243 e. The number of amides is 2. The summed E-state index contributed by atoms with van der Waals surface area (Å²) in [5, 5.41) is 3.09. The van der Waals surface area contributed by atoms with E-state index >= 15 is 0 Å². The molecule has 1 aliphatic carbocycles. The van der Waals surface area contributed by atoms with E-state index in [1.807, 2.05) is 105 Å². The van der Waals surface area contributed by atoms with E-state index in [9.17, 15) is 14.4 Å². The zero-order valence-corrected chi connectivity index (χ0v) is 23.5. The smallest absolute Gasteiger partial charge is 0.243 e. The first kappa shape index (κ1) is 27.8. The molecule has 2 amide bonds. The van der Waals surface area contributed by atoms with Crippen LogP contribution in [0.15, 0.2) is 91.0 Å². The van der Waals surface area contributed by atoms with Gasteiger partial charge in [-0.2, -0.15) is 0 Å². The number of hydrogen-bond acceptors (Lipinski definition) is 3. The number of rotatable bonds is 9. The Bertz CT molecular complexity index is 1290. The highest BCUT2D eigenvalue weighted by Crippen LogP contribution is 2.51. The van der Waals surface area contributed by atoms with E-state index in [0.717, 1.165) is 30.4 Å². The lowest BCUT2D eigenvalue weighted by atomic mass is 9.76. The van der Waals surface area contributed by atoms with E-state index in [1.165, 1.54) is 12.8 Å². The third kappa shape index (κ3) is 5.89. The van der Waals surface area contributed by atoms with Gasteiger partial charge in [-0.15, -0.1) is 0 Å². The second kappa shape index (κ2) is 12.6. The molecule has 2 fully saturated rings. The second-order valence-electron chi connectivity index (χ2n) is 11.6. The lowest BCUT2D eigenvalue weighted by Gasteiger charge is -2.32. The first-order valence-corrected chi connectivity index (χ1v) is 14.8. The summed E-state index contributed by atoms with van der Waals surface area (Å²) in [4.78, 5) is 44.6. The van der Waals surface area contributed by atoms with Crippen LogP contribution in [0.2, 0.25) is 0 Å². The number of benzene rings is 3. The number of nitrogens with zero attached hydrogens (tertiary/aromatic N) is 1. The molecule has 5 nitrogen and oxygen atoms in total. The molecule has 2 aliphatic rings. The maximum atomic E-state index is 14.5. The van der Waals surface area contributed by atoms with Crippen molar-refractivity contribution in [3.8, 4) is 0 Å². The van der Waals surface area contributed by atoms with Crippen molar-refractivity contribution < 1.29 is 14.4 Å². The summed E-state index contributed by atoms with van der Waals surface area (Å²) in [5.41, 5.74) is 2.37. The third-order valence-corrected chi connectivity index (χ3v) is 8.58. The molecule has 0 spiro atoms. The van der Waals surface area contributed by atoms with Gasteiger partial charge in [-0.1, -0.05) is 117 Å². The van der Waals surface area contributed by atoms with Gasteiger partial charge in [-0.25, -0.2) is 0 Å². The number of likely N-dealkylation sites (tertiary alicyclic amines) is 1. The summed E-state index contributed by atoms with van der Waals surface area (Å²) in [6, 6.07) is 27.4. The van der Waals surface area contributed by atoms with Crippen LogP contribution >= 0.6 is 0 Å². The number of carbonyl (C=O) groups is 3. The molecular formula is C35H40N2O3. The predicted molar refractivity (Wildman–Crippen MR) is 158 cm³/mol. The van der Waals surface area contributed by atoms with Gasteiger partial charge in [0.05, 0.1) is 12.0 Å². The number of Topliss-reactive ketones (excluding diaryl/α,β-unsaturated/α-hetero) is 1. The Balaban J connectivity index is 1.66. The lowest BCUT2D eigenvalue weighted by molar-refractivity contribution is -0.141. The summed E-state index contributed by atoms with van der Waals surface area (Å²) in [7, 11) is 0. The first-order chi connectivity index (χ1) is 19.5. The van der Waals surface area contributed by atoms with Crippen molar-refractivity contribution in [1.29, 1.82) is 0 Å². The quantitative estimate of drug-likeness (QED) is 0.309. The Morgan fingerprint density at radius 2 is 1.35 bits per heavy atom. The zero-order chi connectivity index (χ0) is 28.1. The molecule has 40 heavy (non-hydrogen) atoms. The van der Waals surface area contributed by atoms with E-state index in [-0.39, 0.29) is 23.6 Å². The SMILES string of the molecule is CC(C)NC(=O)C1C(c2ccccc2)C(C(=O)c2ccccc2)C(c2ccccc2)N1C(=O)CCC1CCCC1. The average molecular weight is 537 g/mol. The van der Waals surface area contributed by atoms with Crippen molar-refractivity contribution in [2.75, 3.05) is 0 Å². The van der Waals surface area contributed by atoms with Gasteiger partial charge in [-0.05, 0) is 37.3 Å². The van der Waals surface area contributed by atoms with Crippen molar-refractivity contribution in [2.24, 2.45) is 11.8 Å². The van der Waals surface area contributed by atoms with Gasteiger partial charge >= 0.3 is 0 Å². The normalized spacial score (nSPS) is 22.9. The fourth-order valence-corrected chi connectivity index (χ4v) is 6.82. The Labute approximate surface area is 238 Å². The van der Waals surface area contributed by atoms with Crippen LogP contribution in [-0.2, 0) is 9.59 Å². The monoisotopic (exact) mass is 536 g/mol. The minimum atomic E-state index is -0.802. The largest absolute Gasteiger partial charge is 0.352 e. The van der Waals surface area contributed by atoms with Crippen LogP contribution in [0.4, 0.5) is 0 Å². The average Bonchev–Trinajstić information content (AvgIpc) is 3.63. The Hall–Kier alpha value is -3.73. The standard InChI is InChI=1S/C35H40N2O3/c1-24(2)36-35(40)33-30(26-16-6-3-7-17-26)31(34(39)28-20-10-5-11-21-28)32(27-18-8-4-9-19-27)37(33)29(38)23-22-25-14-12-13-15-25/h3-11,16-21,24-25,30-33H,12-15,22-23H2,1-2H3,(H,36,40). The lowest BCUT2D eigenvalue weighted by Crippen LogP contribution is -2.50. The highest BCUT2D eigenvalue weighted by Gasteiger charge is 2.57. The summed E-state index contributed by atoms with van der Waals surface area (Å²) < 4.78 is 0. The molecule has 1 heterocycles. The molecule has 1 saturated heterocycles. The van der Waals surface area contributed by atoms with Crippen LogP contribution < -0.4 is 5.32 Å². The predicted octanol–water partition coefficient (Wildman–Crippen LogP) is 6.72. The maximum absolute atomic E-state index is 14.5. The van der Waals surface area contributed by atoms with Gasteiger partial charge in [-0.3, -0.25) is 14.4 Å². The third-order valence-electron chi connectivity index (χ3n) is 8.58. The molecule has 4 unspecified atom stereocenters. The van der Waals surface area contributed by atoms with Gasteiger partial charge in [0.25, 0.3) is 0 Å². The summed E-state index contributed by atoms with van der Waals surface area (Å²) in [5.74, 6) is -0.858. The molecular weight excluding hydrogens is 496 g/mol.